The van der Waals surface area contributed by atoms with Crippen molar-refractivity contribution < 1.29 is 9.72 Å². The molecule has 2 N–H and O–H groups in total. The lowest BCUT2D eigenvalue weighted by atomic mass is 10.1. The molecule has 0 bridgehead atoms. The molecule has 0 aliphatic rings. The van der Waals surface area contributed by atoms with E-state index in [1.807, 2.05) is 0 Å². The van der Waals surface area contributed by atoms with Gasteiger partial charge in [-0.2, -0.15) is 0 Å². The van der Waals surface area contributed by atoms with E-state index in [4.69, 9.17) is 17.3 Å². The molecular weight excluding hydrogens is 287 g/mol. The summed E-state index contributed by atoms with van der Waals surface area (Å²) in [6.45, 7) is 0. The Balaban J connectivity index is 3.43. The number of nitrogens with zero attached hydrogens (tertiary/aromatic N) is 1. The Morgan fingerprint density at radius 2 is 2.20 bits per heavy atom. The number of ketones is 1. The van der Waals surface area contributed by atoms with E-state index < -0.39 is 4.92 Å². The molecule has 0 aromatic heterocycles. The van der Waals surface area contributed by atoms with E-state index in [1.165, 1.54) is 12.1 Å². The number of anilines is 1. The van der Waals surface area contributed by atoms with Gasteiger partial charge in [0.1, 0.15) is 5.69 Å². The Hall–Kier alpha value is -1.14. The average Bonchev–Trinajstić information content (AvgIpc) is 2.16. The summed E-state index contributed by atoms with van der Waals surface area (Å²) < 4.78 is 0. The summed E-state index contributed by atoms with van der Waals surface area (Å²) in [6.07, 6.45) is 0. The summed E-state index contributed by atoms with van der Waals surface area (Å²) in [6, 6.07) is 2.45. The van der Waals surface area contributed by atoms with Gasteiger partial charge in [-0.05, 0) is 6.07 Å². The van der Waals surface area contributed by atoms with E-state index in [0.29, 0.717) is 0 Å². The second kappa shape index (κ2) is 4.59. The van der Waals surface area contributed by atoms with E-state index in [1.54, 1.807) is 0 Å². The monoisotopic (exact) mass is 292 g/mol. The maximum Gasteiger partial charge on any atom is 0.292 e. The standard InChI is InChI=1S/C8H6BrClN2O3/c9-3-6(13)7-4(10)1-2-5(8(7)11)12(14)15/h1-2H,3,11H2. The van der Waals surface area contributed by atoms with Crippen molar-refractivity contribution >= 4 is 44.7 Å². The van der Waals surface area contributed by atoms with Crippen molar-refractivity contribution in [1.29, 1.82) is 0 Å². The molecule has 0 spiro atoms. The summed E-state index contributed by atoms with van der Waals surface area (Å²) in [7, 11) is 0. The van der Waals surface area contributed by atoms with Crippen LogP contribution in [0.25, 0.3) is 0 Å². The first-order valence-electron chi connectivity index (χ1n) is 3.80. The van der Waals surface area contributed by atoms with E-state index in [9.17, 15) is 14.9 Å². The first-order valence-corrected chi connectivity index (χ1v) is 5.30. The van der Waals surface area contributed by atoms with Crippen molar-refractivity contribution in [2.75, 3.05) is 11.1 Å². The molecule has 0 aliphatic heterocycles. The van der Waals surface area contributed by atoms with Gasteiger partial charge < -0.3 is 5.73 Å². The van der Waals surface area contributed by atoms with Crippen LogP contribution in [0.1, 0.15) is 10.4 Å². The van der Waals surface area contributed by atoms with Crippen LogP contribution in [0, 0.1) is 10.1 Å². The molecule has 1 aromatic carbocycles. The number of nitro groups is 1. The molecule has 5 nitrogen and oxygen atoms in total. The fraction of sp³-hybridized carbons (Fsp3) is 0.125. The van der Waals surface area contributed by atoms with Crippen molar-refractivity contribution in [3.63, 3.8) is 0 Å². The highest BCUT2D eigenvalue weighted by Crippen LogP contribution is 2.31. The molecule has 80 valence electrons. The third-order valence-corrected chi connectivity index (χ3v) is 2.59. The van der Waals surface area contributed by atoms with Gasteiger partial charge in [0.25, 0.3) is 5.69 Å². The Labute approximate surface area is 98.5 Å². The van der Waals surface area contributed by atoms with E-state index in [-0.39, 0.29) is 33.1 Å². The summed E-state index contributed by atoms with van der Waals surface area (Å²) >= 11 is 8.68. The second-order valence-corrected chi connectivity index (χ2v) is 3.64. The number of rotatable bonds is 3. The van der Waals surface area contributed by atoms with Gasteiger partial charge in [0.15, 0.2) is 5.78 Å². The highest BCUT2D eigenvalue weighted by molar-refractivity contribution is 9.09. The number of hydrogen-bond donors (Lipinski definition) is 1. The second-order valence-electron chi connectivity index (χ2n) is 2.67. The molecule has 0 heterocycles. The van der Waals surface area contributed by atoms with E-state index in [2.05, 4.69) is 15.9 Å². The van der Waals surface area contributed by atoms with Gasteiger partial charge in [-0.3, -0.25) is 14.9 Å². The van der Waals surface area contributed by atoms with E-state index >= 15 is 0 Å². The topological polar surface area (TPSA) is 86.2 Å². The van der Waals surface area contributed by atoms with Gasteiger partial charge in [0, 0.05) is 6.07 Å². The largest absolute Gasteiger partial charge is 0.393 e. The van der Waals surface area contributed by atoms with Gasteiger partial charge >= 0.3 is 0 Å². The smallest absolute Gasteiger partial charge is 0.292 e. The van der Waals surface area contributed by atoms with Crippen LogP contribution in [-0.2, 0) is 0 Å². The highest BCUT2D eigenvalue weighted by Gasteiger charge is 2.21. The molecule has 0 unspecified atom stereocenters. The molecule has 0 amide bonds. The van der Waals surface area contributed by atoms with Crippen molar-refractivity contribution in [2.45, 2.75) is 0 Å². The molecule has 1 aromatic rings. The zero-order valence-corrected chi connectivity index (χ0v) is 9.71. The van der Waals surface area contributed by atoms with Gasteiger partial charge in [0.2, 0.25) is 0 Å². The molecule has 7 heteroatoms. The van der Waals surface area contributed by atoms with Gasteiger partial charge in [-0.15, -0.1) is 0 Å². The van der Waals surface area contributed by atoms with Crippen molar-refractivity contribution in [3.05, 3.63) is 32.8 Å². The minimum Gasteiger partial charge on any atom is -0.393 e. The van der Waals surface area contributed by atoms with Gasteiger partial charge in [0.05, 0.1) is 20.8 Å². The quantitative estimate of drug-likeness (QED) is 0.305. The van der Waals surface area contributed by atoms with Crippen LogP contribution in [0.5, 0.6) is 0 Å². The van der Waals surface area contributed by atoms with Crippen LogP contribution in [0.2, 0.25) is 5.02 Å². The number of hydrogen-bond acceptors (Lipinski definition) is 4. The van der Waals surface area contributed by atoms with Gasteiger partial charge in [-0.25, -0.2) is 0 Å². The predicted octanol–water partition coefficient (Wildman–Crippen LogP) is 2.41. The summed E-state index contributed by atoms with van der Waals surface area (Å²) in [5, 5.41) is 10.7. The van der Waals surface area contributed by atoms with E-state index in [0.717, 1.165) is 0 Å². The number of carbonyl (C=O) groups is 1. The zero-order chi connectivity index (χ0) is 11.6. The van der Waals surface area contributed by atoms with Crippen LogP contribution in [0.3, 0.4) is 0 Å². The fourth-order valence-corrected chi connectivity index (χ4v) is 1.64. The molecule has 0 fully saturated rings. The minimum absolute atomic E-state index is 0.0114. The number of alkyl halides is 1. The van der Waals surface area contributed by atoms with Crippen molar-refractivity contribution in [3.8, 4) is 0 Å². The summed E-state index contributed by atoms with van der Waals surface area (Å²) in [5.74, 6) is -0.388. The normalized spacial score (nSPS) is 10.0. The summed E-state index contributed by atoms with van der Waals surface area (Å²) in [5.41, 5.74) is 4.97. The zero-order valence-electron chi connectivity index (χ0n) is 7.37. The van der Waals surface area contributed by atoms with Crippen LogP contribution >= 0.6 is 27.5 Å². The van der Waals surface area contributed by atoms with Crippen LogP contribution in [0.4, 0.5) is 11.4 Å². The highest BCUT2D eigenvalue weighted by atomic mass is 79.9. The molecule has 0 aliphatic carbocycles. The lowest BCUT2D eigenvalue weighted by molar-refractivity contribution is -0.383. The number of benzene rings is 1. The molecule has 0 saturated carbocycles. The number of Topliss-reactive ketones (excluding diaryl/α,β-unsaturated/α-hetero) is 1. The molecular formula is C8H6BrClN2O3. The SMILES string of the molecule is Nc1c([N+](=O)[O-])ccc(Cl)c1C(=O)CBr. The molecule has 15 heavy (non-hydrogen) atoms. The fourth-order valence-electron chi connectivity index (χ4n) is 1.09. The van der Waals surface area contributed by atoms with Crippen LogP contribution < -0.4 is 5.73 Å². The van der Waals surface area contributed by atoms with Crippen LogP contribution in [0.15, 0.2) is 12.1 Å². The predicted molar refractivity (Wildman–Crippen MR) is 60.6 cm³/mol. The average molecular weight is 294 g/mol. The first-order chi connectivity index (χ1) is 6.99. The Morgan fingerprint density at radius 1 is 1.60 bits per heavy atom. The minimum atomic E-state index is -0.656. The molecule has 0 atom stereocenters. The van der Waals surface area contributed by atoms with Crippen molar-refractivity contribution in [1.82, 2.24) is 0 Å². The Kier molecular flexibility index (Phi) is 3.65. The first kappa shape index (κ1) is 11.9. The number of halogens is 2. The lowest BCUT2D eigenvalue weighted by Crippen LogP contribution is -2.08. The van der Waals surface area contributed by atoms with Crippen LogP contribution in [-0.4, -0.2) is 16.0 Å². The molecule has 0 radical (unpaired) electrons. The third-order valence-electron chi connectivity index (χ3n) is 1.77. The molecule has 0 saturated heterocycles. The maximum atomic E-state index is 11.4. The Morgan fingerprint density at radius 3 is 2.67 bits per heavy atom. The number of nitrogens with two attached hydrogens (primary N) is 1. The maximum absolute atomic E-state index is 11.4. The Bertz CT molecular complexity index is 436. The third kappa shape index (κ3) is 2.27. The lowest BCUT2D eigenvalue weighted by Gasteiger charge is -2.05. The molecule has 1 rings (SSSR count). The number of carbonyl (C=O) groups excluding carboxylic acids is 1. The summed E-state index contributed by atoms with van der Waals surface area (Å²) in [4.78, 5) is 21.3. The van der Waals surface area contributed by atoms with Crippen molar-refractivity contribution in [2.24, 2.45) is 0 Å². The number of nitro benzene ring substituents is 1. The van der Waals surface area contributed by atoms with Gasteiger partial charge in [-0.1, -0.05) is 27.5 Å². The number of nitrogen functional groups attached to an aromatic ring is 1.